The molecule has 684 valence electrons. The van der Waals surface area contributed by atoms with Crippen molar-refractivity contribution < 1.29 is 105 Å². The summed E-state index contributed by atoms with van der Waals surface area (Å²) in [5, 5.41) is 37.3. The Morgan fingerprint density at radius 1 is 0.504 bits per heavy atom. The van der Waals surface area contributed by atoms with Crippen LogP contribution in [0.25, 0.3) is 33.0 Å². The first kappa shape index (κ1) is 92.5. The lowest BCUT2D eigenvalue weighted by atomic mass is 9.98. The largest absolute Gasteiger partial charge is 0.494 e. The monoisotopic (exact) mass is 1810 g/mol. The second kappa shape index (κ2) is 39.9. The highest BCUT2D eigenvalue weighted by Gasteiger charge is 2.40. The van der Waals surface area contributed by atoms with Crippen molar-refractivity contribution >= 4 is 128 Å². The Labute approximate surface area is 756 Å². The number of aromatic hydroxyl groups is 2. The molecule has 9 amide bonds. The van der Waals surface area contributed by atoms with Gasteiger partial charge in [-0.15, -0.1) is 0 Å². The van der Waals surface area contributed by atoms with Crippen molar-refractivity contribution in [1.82, 2.24) is 35.2 Å². The molecule has 5 aliphatic heterocycles. The van der Waals surface area contributed by atoms with Crippen LogP contribution in [0.2, 0.25) is 0 Å². The minimum Gasteiger partial charge on any atom is -0.494 e. The number of imide groups is 1. The number of ketones is 1. The van der Waals surface area contributed by atoms with Crippen molar-refractivity contribution in [3.05, 3.63) is 215 Å². The number of fused-ring (bicyclic) bond motifs is 8. The summed E-state index contributed by atoms with van der Waals surface area (Å²) in [6.07, 6.45) is -4.57. The summed E-state index contributed by atoms with van der Waals surface area (Å²) in [6.45, 7) is 12.8. The van der Waals surface area contributed by atoms with Crippen LogP contribution < -0.4 is 41.3 Å². The number of nitrogens with two attached hydrogens (primary N) is 1. The standard InChI is InChI=1S/C47H48FN7O10.C30H35FN6O7.C17H14ClNO3/c1-47(2,3)65-45(61)49-24-30-26-55(46(62)64-30)29-13-15-39(38(48)23-29)52-18-20-53(21-19-52)41(57)16-17-54-42(58)35-14-12-28(22-36(35)43(54)59)51-50-25-40(56)44(60)63-27-37-33-10-6-4-8-31(33)32-9-5-7-11-34(32)37;1-30(2,3)44-28(41)33-16-20-17-37(29(42)43-20)19-5-7-24(23(31)15-19)34-10-12-35(13-11-34)25(38)8-9-36-26(39)21-6-4-18(32)14-22(21)27(36)40;18-16(20)9-19-17(21)22-10-15-13-7-3-1-5-11(13)12-6-2-4-8-14(12)15/h4-15,22-23,30,37,58-59H,16-21,24-27H2,1-3H3,(H,49,61);4-7,14-15,20H,8-13,16-17,32H2,1-3H3,(H,33,41);1-8,15H,9-10H2,(H,19,21)/t30-;20-;/m00./s1. The van der Waals surface area contributed by atoms with E-state index in [2.05, 4.69) is 38.3 Å². The molecule has 7 aliphatic rings. The average molecular weight is 1820 g/mol. The highest BCUT2D eigenvalue weighted by molar-refractivity contribution is 6.64. The maximum Gasteiger partial charge on any atom is 0.414 e. The van der Waals surface area contributed by atoms with Gasteiger partial charge in [0.15, 0.2) is 0 Å². The molecule has 16 rings (SSSR count). The summed E-state index contributed by atoms with van der Waals surface area (Å²) in [5.41, 5.74) is 15.6. The maximum atomic E-state index is 15.5. The molecule has 7 N–H and O–H groups in total. The van der Waals surface area contributed by atoms with Crippen molar-refractivity contribution in [2.24, 2.45) is 10.2 Å². The van der Waals surface area contributed by atoms with Gasteiger partial charge >= 0.3 is 36.4 Å². The molecule has 0 spiro atoms. The summed E-state index contributed by atoms with van der Waals surface area (Å²) in [5.74, 6) is -5.07. The predicted molar refractivity (Wildman–Crippen MR) is 478 cm³/mol. The second-order valence-electron chi connectivity index (χ2n) is 33.8. The number of alkyl carbamates (subject to hydrolysis) is 3. The number of nitrogen functional groups attached to an aromatic ring is 1. The summed E-state index contributed by atoms with van der Waals surface area (Å²) in [7, 11) is 0. The number of ether oxygens (including phenoxy) is 6. The Morgan fingerprint density at radius 2 is 0.947 bits per heavy atom. The molecule has 34 nitrogen and oxygen atoms in total. The molecule has 9 aromatic rings. The number of amides is 9. The topological polar surface area (TPSA) is 415 Å². The summed E-state index contributed by atoms with van der Waals surface area (Å²) in [4.78, 5) is 158. The van der Waals surface area contributed by atoms with Crippen LogP contribution in [0.3, 0.4) is 0 Å². The first-order valence-corrected chi connectivity index (χ1v) is 42.9. The fourth-order valence-electron chi connectivity index (χ4n) is 16.5. The number of cyclic esters (lactones) is 2. The number of halogens is 3. The zero-order valence-corrected chi connectivity index (χ0v) is 73.3. The normalized spacial score (nSPS) is 16.3. The summed E-state index contributed by atoms with van der Waals surface area (Å²) < 4.78 is 63.6. The molecule has 2 atom stereocenters. The fraction of sp³-hybridized carbons (Fsp3) is 0.340. The number of piperazine rings is 2. The number of hydrogen-bond acceptors (Lipinski definition) is 25. The third kappa shape index (κ3) is 21.8. The maximum absolute atomic E-state index is 15.5. The highest BCUT2D eigenvalue weighted by Crippen LogP contribution is 2.47. The van der Waals surface area contributed by atoms with E-state index >= 15 is 8.78 Å². The first-order valence-electron chi connectivity index (χ1n) is 42.5. The van der Waals surface area contributed by atoms with Gasteiger partial charge in [-0.3, -0.25) is 48.0 Å². The van der Waals surface area contributed by atoms with Crippen LogP contribution in [0.15, 0.2) is 180 Å². The van der Waals surface area contributed by atoms with Gasteiger partial charge in [-0.25, -0.2) is 37.5 Å². The van der Waals surface area contributed by atoms with Crippen molar-refractivity contribution in [3.63, 3.8) is 0 Å². The number of Topliss-reactive ketones (excluding diaryl/α,β-unsaturated/α-hetero) is 1. The first-order chi connectivity index (χ1) is 62.6. The van der Waals surface area contributed by atoms with E-state index in [0.717, 1.165) is 38.3 Å². The molecule has 1 aromatic heterocycles. The van der Waals surface area contributed by atoms with Crippen LogP contribution in [-0.4, -0.2) is 235 Å². The van der Waals surface area contributed by atoms with Crippen molar-refractivity contribution in [3.8, 4) is 34.0 Å². The Bertz CT molecular complexity index is 5890. The lowest BCUT2D eigenvalue weighted by molar-refractivity contribution is -0.153. The number of azo groups is 1. The number of aromatic nitrogens is 1. The summed E-state index contributed by atoms with van der Waals surface area (Å²) >= 11 is 5.17. The van der Waals surface area contributed by atoms with E-state index in [9.17, 15) is 67.7 Å². The third-order valence-corrected chi connectivity index (χ3v) is 22.8. The van der Waals surface area contributed by atoms with E-state index in [1.165, 1.54) is 68.0 Å². The van der Waals surface area contributed by atoms with Crippen LogP contribution >= 0.6 is 11.6 Å². The molecule has 0 bridgehead atoms. The molecule has 0 saturated carbocycles. The summed E-state index contributed by atoms with van der Waals surface area (Å²) in [6, 6.07) is 49.9. The van der Waals surface area contributed by atoms with Crippen LogP contribution in [0.1, 0.15) is 109 Å². The van der Waals surface area contributed by atoms with Crippen LogP contribution in [0.4, 0.5) is 66.9 Å². The van der Waals surface area contributed by atoms with Gasteiger partial charge in [0, 0.05) is 107 Å². The van der Waals surface area contributed by atoms with Gasteiger partial charge in [0.1, 0.15) is 54.8 Å². The Hall–Kier alpha value is -14.7. The van der Waals surface area contributed by atoms with E-state index < -0.39 is 101 Å². The zero-order chi connectivity index (χ0) is 93.3. The average Bonchev–Trinajstić information content (AvgIpc) is 1.62. The number of carbonyl (C=O) groups is 12. The molecule has 6 heterocycles. The number of rotatable bonds is 24. The molecule has 8 aromatic carbocycles. The van der Waals surface area contributed by atoms with E-state index in [1.807, 2.05) is 89.8 Å². The van der Waals surface area contributed by atoms with Gasteiger partial charge in [-0.2, -0.15) is 10.2 Å². The smallest absolute Gasteiger partial charge is 0.414 e. The molecular weight excluding hydrogens is 1720 g/mol. The lowest BCUT2D eigenvalue weighted by Gasteiger charge is -2.36. The Balaban J connectivity index is 0.000000179. The molecule has 4 fully saturated rings. The van der Waals surface area contributed by atoms with Crippen LogP contribution in [-0.2, 0) is 58.9 Å². The lowest BCUT2D eigenvalue weighted by Crippen LogP contribution is -2.49. The molecule has 131 heavy (non-hydrogen) atoms. The van der Waals surface area contributed by atoms with E-state index in [0.29, 0.717) is 86.2 Å². The van der Waals surface area contributed by atoms with Crippen molar-refractivity contribution in [1.29, 1.82) is 0 Å². The van der Waals surface area contributed by atoms with E-state index in [4.69, 9.17) is 45.8 Å². The quantitative estimate of drug-likeness (QED) is 0.00622. The van der Waals surface area contributed by atoms with Crippen molar-refractivity contribution in [2.75, 3.05) is 137 Å². The number of benzene rings is 8. The zero-order valence-electron chi connectivity index (χ0n) is 72.5. The Morgan fingerprint density at radius 3 is 1.40 bits per heavy atom. The number of esters is 1. The number of nitrogens with zero attached hydrogens (tertiary/aromatic N) is 10. The molecular formula is C94H97ClF2N14O20. The Kier molecular flexibility index (Phi) is 28.2. The predicted octanol–water partition coefficient (Wildman–Crippen LogP) is 12.7. The SMILES string of the molecule is CC(C)(C)OC(=O)NC[C@H]1CN(c2ccc(N3CCN(C(=O)CCN4C(=O)c5ccc(N)cc5C4=O)CC3)c(F)c2)C(=O)O1.CC(C)(C)OC(=O)NC[C@H]1CN(c2ccc(N3CCN(C(=O)CCn4c(O)c5ccc(N=NCC(=O)C(=O)OCC6c7ccccc7-c7ccccc76)cc5c4O)CC3)c(F)c2)C(=O)O1.O=C(Cl)CNC(=O)OCC1c2ccccc2-c2ccccc21. The van der Waals surface area contributed by atoms with Crippen LogP contribution in [0, 0.1) is 11.6 Å². The molecule has 4 saturated heterocycles. The fourth-order valence-corrected chi connectivity index (χ4v) is 16.5. The van der Waals surface area contributed by atoms with Gasteiger partial charge in [0.25, 0.3) is 17.6 Å². The highest BCUT2D eigenvalue weighted by atomic mass is 35.5. The molecule has 0 radical (unpaired) electrons. The van der Waals surface area contributed by atoms with Crippen molar-refractivity contribution in [2.45, 2.75) is 96.2 Å². The number of carbonyl (C=O) groups excluding carboxylic acids is 12. The van der Waals surface area contributed by atoms with Gasteiger partial charge in [-0.05, 0) is 170 Å². The minimum atomic E-state index is -1.02. The van der Waals surface area contributed by atoms with Gasteiger partial charge in [-0.1, -0.05) is 97.1 Å². The van der Waals surface area contributed by atoms with E-state index in [1.54, 1.807) is 86.6 Å². The van der Waals surface area contributed by atoms with Gasteiger partial charge < -0.3 is 79.9 Å². The van der Waals surface area contributed by atoms with Gasteiger partial charge in [0.05, 0.1) is 72.3 Å². The number of hydrogen-bond donors (Lipinski definition) is 6. The van der Waals surface area contributed by atoms with Gasteiger partial charge in [0.2, 0.25) is 28.8 Å². The molecule has 2 aliphatic carbocycles. The molecule has 37 heteroatoms. The third-order valence-electron chi connectivity index (χ3n) is 22.7. The minimum absolute atomic E-state index is 0.00449. The number of anilines is 5. The second-order valence-corrected chi connectivity index (χ2v) is 34.2. The molecule has 0 unspecified atom stereocenters. The number of nitrogens with one attached hydrogen (secondary N) is 3. The van der Waals surface area contributed by atoms with E-state index in [-0.39, 0.29) is 129 Å². The van der Waals surface area contributed by atoms with Crippen LogP contribution in [0.5, 0.6) is 11.8 Å².